The van der Waals surface area contributed by atoms with E-state index >= 15 is 0 Å². The van der Waals surface area contributed by atoms with E-state index in [0.29, 0.717) is 11.0 Å². The molecule has 1 heterocycles. The van der Waals surface area contributed by atoms with Crippen molar-refractivity contribution in [1.82, 2.24) is 14.7 Å². The zero-order chi connectivity index (χ0) is 9.84. The van der Waals surface area contributed by atoms with Gasteiger partial charge in [0, 0.05) is 29.9 Å². The third kappa shape index (κ3) is 3.02. The van der Waals surface area contributed by atoms with Crippen molar-refractivity contribution < 1.29 is 4.79 Å². The minimum Gasteiger partial charge on any atom is -0.340 e. The molecule has 72 valence electrons. The largest absolute Gasteiger partial charge is 0.340 e. The molecule has 0 spiro atoms. The Kier molecular flexibility index (Phi) is 3.77. The van der Waals surface area contributed by atoms with E-state index in [1.807, 2.05) is 0 Å². The quantitative estimate of drug-likeness (QED) is 0.804. The summed E-state index contributed by atoms with van der Waals surface area (Å²) in [6.07, 6.45) is 1.59. The number of amides is 2. The Labute approximate surface area is 89.6 Å². The zero-order valence-electron chi connectivity index (χ0n) is 6.75. The number of hydrogen-bond acceptors (Lipinski definition) is 3. The summed E-state index contributed by atoms with van der Waals surface area (Å²) < 4.78 is 1.47. The minimum atomic E-state index is -0.355. The second-order valence-electron chi connectivity index (χ2n) is 2.15. The highest BCUT2D eigenvalue weighted by Gasteiger charge is 2.10. The van der Waals surface area contributed by atoms with Crippen LogP contribution in [0.5, 0.6) is 0 Å². The maximum absolute atomic E-state index is 11.0. The number of carbonyl (C=O) groups is 1. The Morgan fingerprint density at radius 1 is 1.85 bits per heavy atom. The highest BCUT2D eigenvalue weighted by Crippen LogP contribution is 2.19. The third-order valence-electron chi connectivity index (χ3n) is 1.25. The molecule has 0 bridgehead atoms. The van der Waals surface area contributed by atoms with Crippen LogP contribution in [0, 0.1) is 0 Å². The van der Waals surface area contributed by atoms with E-state index in [0.717, 1.165) is 9.30 Å². The molecule has 1 rings (SSSR count). The van der Waals surface area contributed by atoms with Gasteiger partial charge in [-0.25, -0.2) is 14.2 Å². The van der Waals surface area contributed by atoms with Crippen LogP contribution >= 0.6 is 34.7 Å². The molecule has 0 aliphatic rings. The average Bonchev–Trinajstić information content (AvgIpc) is 2.49. The Bertz CT molecular complexity index is 304. The summed E-state index contributed by atoms with van der Waals surface area (Å²) in [6, 6.07) is -0.355. The standard InChI is InChI=1S/C6H7Cl2N3OS/c1-9-6(12)11(8)3-4-2-10-5(7)13-4/h2H,3H2,1H3,(H,9,12). The van der Waals surface area contributed by atoms with Gasteiger partial charge < -0.3 is 5.32 Å². The fraction of sp³-hybridized carbons (Fsp3) is 0.333. The van der Waals surface area contributed by atoms with E-state index < -0.39 is 0 Å². The Morgan fingerprint density at radius 2 is 2.54 bits per heavy atom. The molecule has 4 nitrogen and oxygen atoms in total. The third-order valence-corrected chi connectivity index (χ3v) is 2.63. The van der Waals surface area contributed by atoms with E-state index in [1.54, 1.807) is 6.20 Å². The van der Waals surface area contributed by atoms with Gasteiger partial charge in [0.25, 0.3) is 0 Å². The minimum absolute atomic E-state index is 0.297. The normalized spacial score (nSPS) is 9.77. The summed E-state index contributed by atoms with van der Waals surface area (Å²) in [5.74, 6) is 0. The van der Waals surface area contributed by atoms with Crippen LogP contribution in [-0.4, -0.2) is 22.5 Å². The molecule has 1 N–H and O–H groups in total. The maximum atomic E-state index is 11.0. The molecule has 0 saturated carbocycles. The lowest BCUT2D eigenvalue weighted by Gasteiger charge is -2.10. The van der Waals surface area contributed by atoms with E-state index in [-0.39, 0.29) is 6.03 Å². The molecule has 0 fully saturated rings. The van der Waals surface area contributed by atoms with Crippen LogP contribution in [0.1, 0.15) is 4.88 Å². The van der Waals surface area contributed by atoms with Crippen LogP contribution in [0.15, 0.2) is 6.20 Å². The van der Waals surface area contributed by atoms with Gasteiger partial charge in [-0.05, 0) is 0 Å². The van der Waals surface area contributed by atoms with E-state index in [9.17, 15) is 4.79 Å². The number of hydrogen-bond donors (Lipinski definition) is 1. The first-order valence-corrected chi connectivity index (χ1v) is 4.92. The van der Waals surface area contributed by atoms with Crippen LogP contribution in [0.3, 0.4) is 0 Å². The van der Waals surface area contributed by atoms with Crippen LogP contribution in [0.2, 0.25) is 4.47 Å². The molecule has 0 atom stereocenters. The molecular formula is C6H7Cl2N3OS. The molecular weight excluding hydrogens is 233 g/mol. The van der Waals surface area contributed by atoms with Crippen LogP contribution < -0.4 is 5.32 Å². The van der Waals surface area contributed by atoms with Gasteiger partial charge in [0.15, 0.2) is 4.47 Å². The summed E-state index contributed by atoms with van der Waals surface area (Å²) in [5.41, 5.74) is 0. The molecule has 7 heteroatoms. The lowest BCUT2D eigenvalue weighted by Crippen LogP contribution is -2.30. The monoisotopic (exact) mass is 239 g/mol. The van der Waals surface area contributed by atoms with Crippen molar-refractivity contribution in [1.29, 1.82) is 0 Å². The number of nitrogens with one attached hydrogen (secondary N) is 1. The first-order chi connectivity index (χ1) is 6.13. The Balaban J connectivity index is 2.54. The van der Waals surface area contributed by atoms with Crippen molar-refractivity contribution in [3.05, 3.63) is 15.5 Å². The fourth-order valence-corrected chi connectivity index (χ4v) is 1.94. The number of nitrogens with zero attached hydrogens (tertiary/aromatic N) is 2. The van der Waals surface area contributed by atoms with Crippen molar-refractivity contribution >= 4 is 40.7 Å². The first kappa shape index (κ1) is 10.6. The van der Waals surface area contributed by atoms with Crippen molar-refractivity contribution in [2.45, 2.75) is 6.54 Å². The maximum Gasteiger partial charge on any atom is 0.332 e. The molecule has 1 aromatic heterocycles. The number of thiazole rings is 1. The molecule has 0 aromatic carbocycles. The number of halogens is 2. The zero-order valence-corrected chi connectivity index (χ0v) is 9.08. The number of aromatic nitrogens is 1. The number of rotatable bonds is 2. The van der Waals surface area contributed by atoms with Gasteiger partial charge in [0.1, 0.15) is 0 Å². The predicted octanol–water partition coefficient (Wildman–Crippen LogP) is 2.09. The van der Waals surface area contributed by atoms with E-state index in [4.69, 9.17) is 23.4 Å². The van der Waals surface area contributed by atoms with E-state index in [2.05, 4.69) is 10.3 Å². The van der Waals surface area contributed by atoms with Crippen molar-refractivity contribution in [2.24, 2.45) is 0 Å². The Morgan fingerprint density at radius 3 is 3.00 bits per heavy atom. The first-order valence-electron chi connectivity index (χ1n) is 3.38. The fourth-order valence-electron chi connectivity index (χ4n) is 0.687. The molecule has 0 aliphatic carbocycles. The van der Waals surface area contributed by atoms with Crippen molar-refractivity contribution in [2.75, 3.05) is 7.05 Å². The van der Waals surface area contributed by atoms with Crippen molar-refractivity contribution in [3.63, 3.8) is 0 Å². The van der Waals surface area contributed by atoms with Gasteiger partial charge >= 0.3 is 6.03 Å². The molecule has 0 aliphatic heterocycles. The van der Waals surface area contributed by atoms with Gasteiger partial charge in [0.05, 0.1) is 6.54 Å². The predicted molar refractivity (Wildman–Crippen MR) is 53.0 cm³/mol. The highest BCUT2D eigenvalue weighted by atomic mass is 35.5. The van der Waals surface area contributed by atoms with Gasteiger partial charge in [-0.15, -0.1) is 11.3 Å². The summed E-state index contributed by atoms with van der Waals surface area (Å²) in [4.78, 5) is 15.6. The molecule has 13 heavy (non-hydrogen) atoms. The van der Waals surface area contributed by atoms with Crippen molar-refractivity contribution in [3.8, 4) is 0 Å². The molecule has 0 saturated heterocycles. The lowest BCUT2D eigenvalue weighted by atomic mass is 10.5. The Hall–Kier alpha value is -0.520. The SMILES string of the molecule is CNC(=O)N(Cl)Cc1cnc(Cl)s1. The van der Waals surface area contributed by atoms with Gasteiger partial charge in [-0.1, -0.05) is 11.6 Å². The number of urea groups is 1. The summed E-state index contributed by atoms with van der Waals surface area (Å²) >= 11 is 12.5. The topological polar surface area (TPSA) is 45.2 Å². The molecule has 0 radical (unpaired) electrons. The summed E-state index contributed by atoms with van der Waals surface area (Å²) in [5, 5.41) is 2.40. The van der Waals surface area contributed by atoms with E-state index in [1.165, 1.54) is 18.4 Å². The second-order valence-corrected chi connectivity index (χ2v) is 4.26. The average molecular weight is 240 g/mol. The van der Waals surface area contributed by atoms with Crippen LogP contribution in [-0.2, 0) is 6.54 Å². The second kappa shape index (κ2) is 4.64. The van der Waals surface area contributed by atoms with Gasteiger partial charge in [-0.3, -0.25) is 0 Å². The number of carbonyl (C=O) groups excluding carboxylic acids is 1. The molecule has 0 unspecified atom stereocenters. The van der Waals surface area contributed by atoms with Gasteiger partial charge in [0.2, 0.25) is 0 Å². The van der Waals surface area contributed by atoms with Gasteiger partial charge in [-0.2, -0.15) is 0 Å². The summed E-state index contributed by atoms with van der Waals surface area (Å²) in [7, 11) is 1.51. The molecule has 2 amide bonds. The lowest BCUT2D eigenvalue weighted by molar-refractivity contribution is 0.225. The van der Waals surface area contributed by atoms with Crippen LogP contribution in [0.25, 0.3) is 0 Å². The highest BCUT2D eigenvalue weighted by molar-refractivity contribution is 7.15. The smallest absolute Gasteiger partial charge is 0.332 e. The summed E-state index contributed by atoms with van der Waals surface area (Å²) in [6.45, 7) is 0.297. The molecule has 1 aromatic rings. The van der Waals surface area contributed by atoms with Crippen LogP contribution in [0.4, 0.5) is 4.79 Å².